The quantitative estimate of drug-likeness (QED) is 0.329. The molecule has 2 aromatic heterocycles. The standard InChI is InChI=1S/C21H15Cl2N5O2S/c1-11-10-25-18-12(17(11)27-20(30)28-21-24-8-9-31-21)4-2-7-15(18)26-19(29)16-13(22)5-3-6-14(16)23/h2-10H,1H3,(H,26,29)(H2,24,25,27,28,30). The van der Waals surface area contributed by atoms with Crippen molar-refractivity contribution < 1.29 is 9.59 Å². The molecule has 0 fully saturated rings. The number of hydrogen-bond acceptors (Lipinski definition) is 5. The van der Waals surface area contributed by atoms with Crippen LogP contribution in [0.5, 0.6) is 0 Å². The molecular formula is C21H15Cl2N5O2S. The summed E-state index contributed by atoms with van der Waals surface area (Å²) in [6.07, 6.45) is 3.23. The van der Waals surface area contributed by atoms with E-state index in [9.17, 15) is 9.59 Å². The highest BCUT2D eigenvalue weighted by molar-refractivity contribution is 7.13. The van der Waals surface area contributed by atoms with Gasteiger partial charge < -0.3 is 10.6 Å². The van der Waals surface area contributed by atoms with Crippen LogP contribution in [-0.4, -0.2) is 21.9 Å². The number of carbonyl (C=O) groups is 2. The normalized spacial score (nSPS) is 10.7. The minimum atomic E-state index is -0.457. The Bertz CT molecular complexity index is 1270. The van der Waals surface area contributed by atoms with Crippen LogP contribution in [-0.2, 0) is 0 Å². The zero-order valence-corrected chi connectivity index (χ0v) is 18.4. The fourth-order valence-electron chi connectivity index (χ4n) is 3.02. The van der Waals surface area contributed by atoms with E-state index in [1.807, 2.05) is 13.0 Å². The maximum atomic E-state index is 12.8. The van der Waals surface area contributed by atoms with Crippen molar-refractivity contribution in [3.05, 3.63) is 75.3 Å². The van der Waals surface area contributed by atoms with Crippen LogP contribution in [0.2, 0.25) is 10.0 Å². The zero-order valence-electron chi connectivity index (χ0n) is 16.1. The number of benzene rings is 2. The monoisotopic (exact) mass is 471 g/mol. The third-order valence-corrected chi connectivity index (χ3v) is 5.73. The van der Waals surface area contributed by atoms with Gasteiger partial charge in [-0.15, -0.1) is 11.3 Å². The first-order valence-corrected chi connectivity index (χ1v) is 10.7. The molecular weight excluding hydrogens is 457 g/mol. The summed E-state index contributed by atoms with van der Waals surface area (Å²) < 4.78 is 0. The number of carbonyl (C=O) groups excluding carboxylic acids is 2. The molecule has 0 atom stereocenters. The second-order valence-electron chi connectivity index (χ2n) is 6.49. The minimum Gasteiger partial charge on any atom is -0.320 e. The van der Waals surface area contributed by atoms with E-state index >= 15 is 0 Å². The van der Waals surface area contributed by atoms with Crippen LogP contribution < -0.4 is 16.0 Å². The van der Waals surface area contributed by atoms with E-state index in [0.717, 1.165) is 5.56 Å². The summed E-state index contributed by atoms with van der Waals surface area (Å²) in [6.45, 7) is 1.83. The van der Waals surface area contributed by atoms with E-state index in [4.69, 9.17) is 23.2 Å². The second kappa shape index (κ2) is 8.89. The number of aryl methyl sites for hydroxylation is 1. The molecule has 7 nitrogen and oxygen atoms in total. The van der Waals surface area contributed by atoms with Crippen LogP contribution in [0.25, 0.3) is 10.9 Å². The Kier molecular flexibility index (Phi) is 6.03. The first-order valence-electron chi connectivity index (χ1n) is 9.05. The lowest BCUT2D eigenvalue weighted by Crippen LogP contribution is -2.20. The summed E-state index contributed by atoms with van der Waals surface area (Å²) in [7, 11) is 0. The van der Waals surface area contributed by atoms with Gasteiger partial charge in [-0.3, -0.25) is 15.1 Å². The number of anilines is 3. The fourth-order valence-corrected chi connectivity index (χ4v) is 4.11. The predicted molar refractivity (Wildman–Crippen MR) is 126 cm³/mol. The van der Waals surface area contributed by atoms with E-state index in [2.05, 4.69) is 25.9 Å². The maximum absolute atomic E-state index is 12.8. The molecule has 4 rings (SSSR count). The number of hydrogen-bond donors (Lipinski definition) is 3. The number of aromatic nitrogens is 2. The van der Waals surface area contributed by atoms with Gasteiger partial charge in [0.15, 0.2) is 5.13 Å². The first-order chi connectivity index (χ1) is 14.9. The van der Waals surface area contributed by atoms with Gasteiger partial charge in [0.2, 0.25) is 0 Å². The first kappa shape index (κ1) is 21.0. The maximum Gasteiger partial charge on any atom is 0.325 e. The molecule has 0 saturated heterocycles. The Hall–Kier alpha value is -3.20. The highest BCUT2D eigenvalue weighted by Crippen LogP contribution is 2.32. The van der Waals surface area contributed by atoms with Gasteiger partial charge in [-0.2, -0.15) is 0 Å². The molecule has 10 heteroatoms. The average Bonchev–Trinajstić information content (AvgIpc) is 3.23. The predicted octanol–water partition coefficient (Wildman–Crippen LogP) is 6.20. The number of fused-ring (bicyclic) bond motifs is 1. The SMILES string of the molecule is Cc1cnc2c(NC(=O)c3c(Cl)cccc3Cl)cccc2c1NC(=O)Nc1nccs1. The number of halogens is 2. The molecule has 31 heavy (non-hydrogen) atoms. The number of nitrogens with one attached hydrogen (secondary N) is 3. The highest BCUT2D eigenvalue weighted by Gasteiger charge is 2.18. The summed E-state index contributed by atoms with van der Waals surface area (Å²) >= 11 is 13.6. The molecule has 0 aliphatic carbocycles. The summed E-state index contributed by atoms with van der Waals surface area (Å²) in [4.78, 5) is 33.7. The Balaban J connectivity index is 1.66. The van der Waals surface area contributed by atoms with Crippen molar-refractivity contribution in [1.29, 1.82) is 0 Å². The molecule has 3 N–H and O–H groups in total. The van der Waals surface area contributed by atoms with Crippen LogP contribution >= 0.6 is 34.5 Å². The smallest absolute Gasteiger partial charge is 0.320 e. The van der Waals surface area contributed by atoms with Crippen LogP contribution in [0.1, 0.15) is 15.9 Å². The van der Waals surface area contributed by atoms with Crippen LogP contribution in [0.3, 0.4) is 0 Å². The van der Waals surface area contributed by atoms with E-state index in [1.165, 1.54) is 11.3 Å². The summed E-state index contributed by atoms with van der Waals surface area (Å²) in [5.41, 5.74) is 2.48. The van der Waals surface area contributed by atoms with E-state index in [1.54, 1.807) is 48.1 Å². The molecule has 4 aromatic rings. The largest absolute Gasteiger partial charge is 0.325 e. The van der Waals surface area contributed by atoms with Crippen LogP contribution in [0.4, 0.5) is 21.3 Å². The Morgan fingerprint density at radius 2 is 1.71 bits per heavy atom. The van der Waals surface area contributed by atoms with E-state index in [0.29, 0.717) is 27.4 Å². The third kappa shape index (κ3) is 4.46. The highest BCUT2D eigenvalue weighted by atomic mass is 35.5. The Morgan fingerprint density at radius 3 is 2.42 bits per heavy atom. The van der Waals surface area contributed by atoms with Gasteiger partial charge in [-0.1, -0.05) is 41.4 Å². The molecule has 0 aliphatic heterocycles. The topological polar surface area (TPSA) is 96.0 Å². The summed E-state index contributed by atoms with van der Waals surface area (Å²) in [5.74, 6) is -0.457. The fraction of sp³-hybridized carbons (Fsp3) is 0.0476. The summed E-state index contributed by atoms with van der Waals surface area (Å²) in [5, 5.41) is 11.7. The van der Waals surface area contributed by atoms with Crippen molar-refractivity contribution in [3.63, 3.8) is 0 Å². The van der Waals surface area contributed by atoms with Crippen LogP contribution in [0, 0.1) is 6.92 Å². The van der Waals surface area contributed by atoms with E-state index in [-0.39, 0.29) is 15.6 Å². The molecule has 156 valence electrons. The van der Waals surface area contributed by atoms with Gasteiger partial charge in [0.25, 0.3) is 5.91 Å². The van der Waals surface area contributed by atoms with Crippen molar-refractivity contribution in [2.24, 2.45) is 0 Å². The van der Waals surface area contributed by atoms with Gasteiger partial charge in [-0.25, -0.2) is 9.78 Å². The molecule has 0 spiro atoms. The molecule has 3 amide bonds. The number of nitrogens with zero attached hydrogens (tertiary/aromatic N) is 2. The Morgan fingerprint density at radius 1 is 0.968 bits per heavy atom. The molecule has 0 aliphatic rings. The lowest BCUT2D eigenvalue weighted by molar-refractivity contribution is 0.102. The van der Waals surface area contributed by atoms with Crippen molar-refractivity contribution in [3.8, 4) is 0 Å². The van der Waals surface area contributed by atoms with Gasteiger partial charge in [0, 0.05) is 23.2 Å². The third-order valence-electron chi connectivity index (χ3n) is 4.42. The van der Waals surface area contributed by atoms with Crippen LogP contribution in [0.15, 0.2) is 54.2 Å². The number of urea groups is 1. The van der Waals surface area contributed by atoms with Gasteiger partial charge in [0.1, 0.15) is 0 Å². The minimum absolute atomic E-state index is 0.177. The Labute approximate surface area is 191 Å². The van der Waals surface area contributed by atoms with Gasteiger partial charge in [0.05, 0.1) is 32.5 Å². The summed E-state index contributed by atoms with van der Waals surface area (Å²) in [6, 6.07) is 9.71. The number of pyridine rings is 1. The lowest BCUT2D eigenvalue weighted by atomic mass is 10.1. The van der Waals surface area contributed by atoms with Gasteiger partial charge >= 0.3 is 6.03 Å². The number of thiazole rings is 1. The number of para-hydroxylation sites is 1. The molecule has 0 radical (unpaired) electrons. The molecule has 2 heterocycles. The van der Waals surface area contributed by atoms with Crippen molar-refractivity contribution in [2.75, 3.05) is 16.0 Å². The van der Waals surface area contributed by atoms with Crippen molar-refractivity contribution in [1.82, 2.24) is 9.97 Å². The lowest BCUT2D eigenvalue weighted by Gasteiger charge is -2.14. The average molecular weight is 472 g/mol. The number of amides is 3. The number of rotatable bonds is 4. The molecule has 2 aromatic carbocycles. The molecule has 0 bridgehead atoms. The van der Waals surface area contributed by atoms with Crippen molar-refractivity contribution in [2.45, 2.75) is 6.92 Å². The molecule has 0 saturated carbocycles. The molecule has 0 unspecified atom stereocenters. The van der Waals surface area contributed by atoms with Gasteiger partial charge in [-0.05, 0) is 30.7 Å². The van der Waals surface area contributed by atoms with Crippen molar-refractivity contribution >= 4 is 73.9 Å². The second-order valence-corrected chi connectivity index (χ2v) is 8.19. The van der Waals surface area contributed by atoms with E-state index < -0.39 is 11.9 Å². The zero-order chi connectivity index (χ0) is 22.0.